The third-order valence-electron chi connectivity index (χ3n) is 5.69. The van der Waals surface area contributed by atoms with Gasteiger partial charge < -0.3 is 19.2 Å². The minimum Gasteiger partial charge on any atom is -0.454 e. The van der Waals surface area contributed by atoms with Gasteiger partial charge in [0.15, 0.2) is 11.5 Å². The summed E-state index contributed by atoms with van der Waals surface area (Å²) in [7, 11) is 0. The summed E-state index contributed by atoms with van der Waals surface area (Å²) in [6.07, 6.45) is 1.41. The van der Waals surface area contributed by atoms with Crippen LogP contribution in [0.4, 0.5) is 4.39 Å². The number of amides is 1. The number of oxime groups is 1. The lowest BCUT2D eigenvalue weighted by Crippen LogP contribution is -2.37. The fourth-order valence-electron chi connectivity index (χ4n) is 4.12. The van der Waals surface area contributed by atoms with Gasteiger partial charge in [0, 0.05) is 31.8 Å². The molecule has 2 unspecified atom stereocenters. The number of rotatable bonds is 4. The van der Waals surface area contributed by atoms with Crippen molar-refractivity contribution in [1.82, 2.24) is 4.90 Å². The monoisotopic (exact) mass is 396 g/mol. The highest BCUT2D eigenvalue weighted by Crippen LogP contribution is 2.33. The van der Waals surface area contributed by atoms with E-state index in [0.29, 0.717) is 25.9 Å². The average Bonchev–Trinajstić information content (AvgIpc) is 3.48. The second-order valence-corrected chi connectivity index (χ2v) is 7.64. The maximum Gasteiger partial charge on any atom is 0.266 e. The molecule has 6 nitrogen and oxygen atoms in total. The lowest BCUT2D eigenvalue weighted by Gasteiger charge is -2.19. The third-order valence-corrected chi connectivity index (χ3v) is 5.69. The summed E-state index contributed by atoms with van der Waals surface area (Å²) in [5, 5.41) is 4.14. The first-order chi connectivity index (χ1) is 14.2. The second-order valence-electron chi connectivity index (χ2n) is 7.64. The van der Waals surface area contributed by atoms with Crippen LogP contribution in [0.25, 0.3) is 0 Å². The maximum absolute atomic E-state index is 13.1. The van der Waals surface area contributed by atoms with Gasteiger partial charge in [0.1, 0.15) is 5.82 Å². The zero-order chi connectivity index (χ0) is 19.8. The Labute approximate surface area is 167 Å². The summed E-state index contributed by atoms with van der Waals surface area (Å²) in [6, 6.07) is 12.3. The van der Waals surface area contributed by atoms with E-state index in [2.05, 4.69) is 5.16 Å². The van der Waals surface area contributed by atoms with Crippen molar-refractivity contribution in [1.29, 1.82) is 0 Å². The molecule has 2 atom stereocenters. The zero-order valence-corrected chi connectivity index (χ0v) is 15.8. The average molecular weight is 396 g/mol. The van der Waals surface area contributed by atoms with E-state index >= 15 is 0 Å². The molecule has 0 aromatic heterocycles. The van der Waals surface area contributed by atoms with Crippen LogP contribution in [-0.4, -0.2) is 42.5 Å². The highest BCUT2D eigenvalue weighted by Gasteiger charge is 2.36. The van der Waals surface area contributed by atoms with E-state index in [1.165, 1.54) is 12.1 Å². The van der Waals surface area contributed by atoms with Crippen LogP contribution in [0.1, 0.15) is 29.9 Å². The molecule has 150 valence electrons. The van der Waals surface area contributed by atoms with Crippen LogP contribution in [0.2, 0.25) is 0 Å². The first-order valence-corrected chi connectivity index (χ1v) is 9.80. The molecule has 0 N–H and O–H groups in total. The van der Waals surface area contributed by atoms with Crippen molar-refractivity contribution in [2.24, 2.45) is 5.16 Å². The van der Waals surface area contributed by atoms with Crippen LogP contribution in [0, 0.1) is 5.82 Å². The van der Waals surface area contributed by atoms with Gasteiger partial charge in [0.05, 0.1) is 5.71 Å². The van der Waals surface area contributed by atoms with Gasteiger partial charge in [-0.2, -0.15) is 0 Å². The van der Waals surface area contributed by atoms with Gasteiger partial charge >= 0.3 is 0 Å². The van der Waals surface area contributed by atoms with E-state index in [0.717, 1.165) is 34.8 Å². The molecule has 1 saturated heterocycles. The number of hydrogen-bond acceptors (Lipinski definition) is 5. The van der Waals surface area contributed by atoms with Crippen molar-refractivity contribution < 1.29 is 23.5 Å². The second kappa shape index (κ2) is 7.39. The van der Waals surface area contributed by atoms with Crippen LogP contribution < -0.4 is 9.47 Å². The molecular formula is C22H21FN2O4. The molecule has 0 saturated carbocycles. The van der Waals surface area contributed by atoms with Gasteiger partial charge in [0.2, 0.25) is 12.9 Å². The SMILES string of the molecule is O=C(C1CC(Cc2ccc3c(c2)OCO3)=NO1)N1CCC(c2ccc(F)cc2)C1. The molecular weight excluding hydrogens is 375 g/mol. The lowest BCUT2D eigenvalue weighted by molar-refractivity contribution is -0.141. The summed E-state index contributed by atoms with van der Waals surface area (Å²) >= 11 is 0. The van der Waals surface area contributed by atoms with Crippen LogP contribution >= 0.6 is 0 Å². The van der Waals surface area contributed by atoms with Gasteiger partial charge in [-0.25, -0.2) is 4.39 Å². The van der Waals surface area contributed by atoms with Crippen molar-refractivity contribution >= 4 is 11.6 Å². The molecule has 3 aliphatic rings. The number of fused-ring (bicyclic) bond motifs is 1. The Kier molecular flexibility index (Phi) is 4.58. The third kappa shape index (κ3) is 3.64. The van der Waals surface area contributed by atoms with Crippen LogP contribution in [0.15, 0.2) is 47.6 Å². The normalized spacial score (nSPS) is 22.5. The molecule has 3 aliphatic heterocycles. The number of likely N-dealkylation sites (tertiary alicyclic amines) is 1. The molecule has 0 aliphatic carbocycles. The first-order valence-electron chi connectivity index (χ1n) is 9.80. The molecule has 0 bridgehead atoms. The molecule has 5 rings (SSSR count). The van der Waals surface area contributed by atoms with Crippen molar-refractivity contribution in [2.45, 2.75) is 31.3 Å². The Morgan fingerprint density at radius 2 is 1.97 bits per heavy atom. The Morgan fingerprint density at radius 1 is 1.14 bits per heavy atom. The molecule has 7 heteroatoms. The minimum absolute atomic E-state index is 0.0287. The Balaban J connectivity index is 1.17. The Bertz CT molecular complexity index is 960. The quantitative estimate of drug-likeness (QED) is 0.796. The largest absolute Gasteiger partial charge is 0.454 e. The molecule has 1 amide bonds. The molecule has 0 spiro atoms. The number of benzene rings is 2. The van der Waals surface area contributed by atoms with E-state index in [9.17, 15) is 9.18 Å². The molecule has 2 aromatic rings. The smallest absolute Gasteiger partial charge is 0.266 e. The van der Waals surface area contributed by atoms with Gasteiger partial charge in [-0.1, -0.05) is 23.4 Å². The standard InChI is InChI=1S/C22H21FN2O4/c23-17-4-2-15(3-5-17)16-7-8-25(12-16)22(26)21-11-18(24-29-21)9-14-1-6-19-20(10-14)28-13-27-19/h1-6,10,16,21H,7-9,11-13H2. The number of carbonyl (C=O) groups is 1. The number of ether oxygens (including phenoxy) is 2. The summed E-state index contributed by atoms with van der Waals surface area (Å²) in [6.45, 7) is 1.55. The summed E-state index contributed by atoms with van der Waals surface area (Å²) in [5.74, 6) is 1.44. The fraction of sp³-hybridized carbons (Fsp3) is 0.364. The minimum atomic E-state index is -0.564. The predicted molar refractivity (Wildman–Crippen MR) is 104 cm³/mol. The molecule has 0 radical (unpaired) electrons. The van der Waals surface area contributed by atoms with Gasteiger partial charge in [0.25, 0.3) is 5.91 Å². The molecule has 3 heterocycles. The number of hydrogen-bond donors (Lipinski definition) is 0. The number of nitrogens with zero attached hydrogens (tertiary/aromatic N) is 2. The van der Waals surface area contributed by atoms with E-state index < -0.39 is 6.10 Å². The first kappa shape index (κ1) is 18.0. The Morgan fingerprint density at radius 3 is 2.83 bits per heavy atom. The Hall–Kier alpha value is -3.09. The van der Waals surface area contributed by atoms with Gasteiger partial charge in [-0.15, -0.1) is 0 Å². The highest BCUT2D eigenvalue weighted by atomic mass is 19.1. The maximum atomic E-state index is 13.1. The van der Waals surface area contributed by atoms with Crippen molar-refractivity contribution in [2.75, 3.05) is 19.9 Å². The van der Waals surface area contributed by atoms with E-state index in [4.69, 9.17) is 14.3 Å². The van der Waals surface area contributed by atoms with E-state index in [1.807, 2.05) is 23.1 Å². The van der Waals surface area contributed by atoms with Gasteiger partial charge in [-0.3, -0.25) is 4.79 Å². The summed E-state index contributed by atoms with van der Waals surface area (Å²) < 4.78 is 23.9. The summed E-state index contributed by atoms with van der Waals surface area (Å²) in [5.41, 5.74) is 2.95. The fourth-order valence-corrected chi connectivity index (χ4v) is 4.12. The topological polar surface area (TPSA) is 60.4 Å². The van der Waals surface area contributed by atoms with E-state index in [-0.39, 0.29) is 24.4 Å². The van der Waals surface area contributed by atoms with Crippen LogP contribution in [-0.2, 0) is 16.1 Å². The van der Waals surface area contributed by atoms with Crippen molar-refractivity contribution in [3.05, 3.63) is 59.4 Å². The highest BCUT2D eigenvalue weighted by molar-refractivity contribution is 5.94. The summed E-state index contributed by atoms with van der Waals surface area (Å²) in [4.78, 5) is 20.1. The number of carbonyl (C=O) groups excluding carboxylic acids is 1. The zero-order valence-electron chi connectivity index (χ0n) is 15.8. The number of halogens is 1. The molecule has 2 aromatic carbocycles. The van der Waals surface area contributed by atoms with Crippen LogP contribution in [0.3, 0.4) is 0 Å². The van der Waals surface area contributed by atoms with Gasteiger partial charge in [-0.05, 0) is 41.8 Å². The predicted octanol–water partition coefficient (Wildman–Crippen LogP) is 3.26. The molecule has 29 heavy (non-hydrogen) atoms. The van der Waals surface area contributed by atoms with Crippen molar-refractivity contribution in [3.63, 3.8) is 0 Å². The molecule has 1 fully saturated rings. The van der Waals surface area contributed by atoms with Crippen LogP contribution in [0.5, 0.6) is 11.5 Å². The lowest BCUT2D eigenvalue weighted by atomic mass is 9.98. The van der Waals surface area contributed by atoms with E-state index in [1.54, 1.807) is 12.1 Å². The van der Waals surface area contributed by atoms with Crippen molar-refractivity contribution in [3.8, 4) is 11.5 Å².